The minimum Gasteiger partial charge on any atom is -0.467 e. The lowest BCUT2D eigenvalue weighted by atomic mass is 10.1. The molecule has 0 N–H and O–H groups in total. The highest BCUT2D eigenvalue weighted by atomic mass is 16.7. The number of fused-ring (bicyclic) bond motifs is 1. The van der Waals surface area contributed by atoms with E-state index >= 15 is 0 Å². The molecule has 0 bridgehead atoms. The van der Waals surface area contributed by atoms with Crippen molar-refractivity contribution in [1.29, 1.82) is 0 Å². The number of carbonyl (C=O) groups is 1. The van der Waals surface area contributed by atoms with Gasteiger partial charge in [-0.3, -0.25) is 4.79 Å². The summed E-state index contributed by atoms with van der Waals surface area (Å²) < 4.78 is 16.3. The summed E-state index contributed by atoms with van der Waals surface area (Å²) in [5.41, 5.74) is 1.03. The molecule has 0 spiro atoms. The molecule has 2 heterocycles. The van der Waals surface area contributed by atoms with Gasteiger partial charge in [-0.25, -0.2) is 0 Å². The highest BCUT2D eigenvalue weighted by Crippen LogP contribution is 2.33. The summed E-state index contributed by atoms with van der Waals surface area (Å²) in [7, 11) is 0. The minimum atomic E-state index is 0.166. The lowest BCUT2D eigenvalue weighted by Gasteiger charge is -2.22. The maximum atomic E-state index is 12.8. The Bertz CT molecular complexity index is 711. The summed E-state index contributed by atoms with van der Waals surface area (Å²) in [6.45, 7) is 3.49. The zero-order chi connectivity index (χ0) is 18.9. The van der Waals surface area contributed by atoms with E-state index in [0.29, 0.717) is 19.5 Å². The summed E-state index contributed by atoms with van der Waals surface area (Å²) in [5.74, 6) is 2.47. The van der Waals surface area contributed by atoms with E-state index in [-0.39, 0.29) is 12.7 Å². The number of furan rings is 1. The van der Waals surface area contributed by atoms with E-state index < -0.39 is 0 Å². The van der Waals surface area contributed by atoms with Crippen LogP contribution in [0.3, 0.4) is 0 Å². The molecule has 0 saturated heterocycles. The fraction of sp³-hybridized carbons (Fsp3) is 0.500. The Hall–Kier alpha value is -2.43. The van der Waals surface area contributed by atoms with Crippen molar-refractivity contribution in [3.8, 4) is 11.5 Å². The van der Waals surface area contributed by atoms with Gasteiger partial charge in [0.15, 0.2) is 11.5 Å². The summed E-state index contributed by atoms with van der Waals surface area (Å²) in [5, 5.41) is 0. The van der Waals surface area contributed by atoms with Gasteiger partial charge in [0.05, 0.1) is 12.8 Å². The second-order valence-electron chi connectivity index (χ2n) is 7.03. The first-order valence-corrected chi connectivity index (χ1v) is 9.95. The van der Waals surface area contributed by atoms with Crippen molar-refractivity contribution in [2.75, 3.05) is 6.79 Å². The van der Waals surface area contributed by atoms with Gasteiger partial charge >= 0.3 is 0 Å². The second kappa shape index (κ2) is 10.0. The molecule has 0 radical (unpaired) electrons. The first-order valence-electron chi connectivity index (χ1n) is 9.95. The molecule has 27 heavy (non-hydrogen) atoms. The largest absolute Gasteiger partial charge is 0.467 e. The molecule has 2 aromatic rings. The molecule has 1 aliphatic rings. The van der Waals surface area contributed by atoms with Gasteiger partial charge in [-0.05, 0) is 36.2 Å². The van der Waals surface area contributed by atoms with Gasteiger partial charge in [0, 0.05) is 13.0 Å². The van der Waals surface area contributed by atoms with Gasteiger partial charge in [0.25, 0.3) is 0 Å². The fourth-order valence-electron chi connectivity index (χ4n) is 3.30. The molecular formula is C22H29NO4. The van der Waals surface area contributed by atoms with E-state index in [0.717, 1.165) is 35.7 Å². The van der Waals surface area contributed by atoms with Crippen LogP contribution in [0.2, 0.25) is 0 Å². The van der Waals surface area contributed by atoms with Gasteiger partial charge in [-0.2, -0.15) is 0 Å². The molecule has 146 valence electrons. The first kappa shape index (κ1) is 19.3. The molecule has 0 fully saturated rings. The number of carbonyl (C=O) groups excluding carboxylic acids is 1. The van der Waals surface area contributed by atoms with E-state index in [1.54, 1.807) is 6.26 Å². The van der Waals surface area contributed by atoms with Crippen LogP contribution in [-0.2, 0) is 17.9 Å². The number of unbranched alkanes of at least 4 members (excludes halogenated alkanes) is 5. The molecule has 1 aromatic heterocycles. The quantitative estimate of drug-likeness (QED) is 0.504. The van der Waals surface area contributed by atoms with E-state index in [2.05, 4.69) is 6.92 Å². The van der Waals surface area contributed by atoms with Gasteiger partial charge in [0.1, 0.15) is 5.76 Å². The van der Waals surface area contributed by atoms with Crippen molar-refractivity contribution < 1.29 is 18.7 Å². The topological polar surface area (TPSA) is 51.9 Å². The standard InChI is InChI=1S/C22H29NO4/c1-2-3-4-5-6-7-10-22(24)23(16-19-9-8-13-25-19)15-18-11-12-20-21(14-18)27-17-26-20/h8-9,11-14H,2-7,10,15-17H2,1H3. The molecule has 1 aliphatic heterocycles. The van der Waals surface area contributed by atoms with Crippen LogP contribution in [-0.4, -0.2) is 17.6 Å². The van der Waals surface area contributed by atoms with Crippen LogP contribution in [0, 0.1) is 0 Å². The lowest BCUT2D eigenvalue weighted by molar-refractivity contribution is -0.132. The molecule has 0 saturated carbocycles. The molecule has 5 heteroatoms. The van der Waals surface area contributed by atoms with Gasteiger partial charge in [-0.1, -0.05) is 45.1 Å². The third kappa shape index (κ3) is 5.78. The molecule has 5 nitrogen and oxygen atoms in total. The number of hydrogen-bond donors (Lipinski definition) is 0. The lowest BCUT2D eigenvalue weighted by Crippen LogP contribution is -2.29. The predicted molar refractivity (Wildman–Crippen MR) is 104 cm³/mol. The number of benzene rings is 1. The van der Waals surface area contributed by atoms with E-state index in [1.165, 1.54) is 25.7 Å². The average Bonchev–Trinajstić information content (AvgIpc) is 3.35. The Morgan fingerprint density at radius 2 is 1.81 bits per heavy atom. The van der Waals surface area contributed by atoms with E-state index in [1.807, 2.05) is 35.2 Å². The molecular weight excluding hydrogens is 342 g/mol. The number of rotatable bonds is 11. The van der Waals surface area contributed by atoms with E-state index in [4.69, 9.17) is 13.9 Å². The maximum absolute atomic E-state index is 12.8. The summed E-state index contributed by atoms with van der Waals surface area (Å²) in [4.78, 5) is 14.7. The molecule has 1 amide bonds. The Morgan fingerprint density at radius 1 is 1.00 bits per heavy atom. The van der Waals surface area contributed by atoms with Gasteiger partial charge in [-0.15, -0.1) is 0 Å². The second-order valence-corrected chi connectivity index (χ2v) is 7.03. The zero-order valence-corrected chi connectivity index (χ0v) is 16.1. The third-order valence-corrected chi connectivity index (χ3v) is 4.83. The Labute approximate surface area is 161 Å². The highest BCUT2D eigenvalue weighted by Gasteiger charge is 2.18. The zero-order valence-electron chi connectivity index (χ0n) is 16.1. The molecule has 3 rings (SSSR count). The number of ether oxygens (including phenoxy) is 2. The van der Waals surface area contributed by atoms with Crippen molar-refractivity contribution in [2.45, 2.75) is 65.0 Å². The minimum absolute atomic E-state index is 0.166. The van der Waals surface area contributed by atoms with E-state index in [9.17, 15) is 4.79 Å². The van der Waals surface area contributed by atoms with Crippen LogP contribution >= 0.6 is 0 Å². The maximum Gasteiger partial charge on any atom is 0.231 e. The first-order chi connectivity index (χ1) is 13.3. The molecule has 0 atom stereocenters. The van der Waals surface area contributed by atoms with Crippen LogP contribution in [0.4, 0.5) is 0 Å². The van der Waals surface area contributed by atoms with Crippen LogP contribution < -0.4 is 9.47 Å². The Balaban J connectivity index is 1.57. The molecule has 0 aliphatic carbocycles. The number of nitrogens with zero attached hydrogens (tertiary/aromatic N) is 1. The molecule has 1 aromatic carbocycles. The Morgan fingerprint density at radius 3 is 2.63 bits per heavy atom. The van der Waals surface area contributed by atoms with Crippen molar-refractivity contribution in [3.05, 3.63) is 47.9 Å². The summed E-state index contributed by atoms with van der Waals surface area (Å²) in [6.07, 6.45) is 9.28. The summed E-state index contributed by atoms with van der Waals surface area (Å²) >= 11 is 0. The van der Waals surface area contributed by atoms with Crippen molar-refractivity contribution in [3.63, 3.8) is 0 Å². The summed E-state index contributed by atoms with van der Waals surface area (Å²) in [6, 6.07) is 9.61. The fourth-order valence-corrected chi connectivity index (χ4v) is 3.30. The average molecular weight is 371 g/mol. The number of hydrogen-bond acceptors (Lipinski definition) is 4. The van der Waals surface area contributed by atoms with Crippen molar-refractivity contribution >= 4 is 5.91 Å². The highest BCUT2D eigenvalue weighted by molar-refractivity contribution is 5.76. The van der Waals surface area contributed by atoms with Crippen LogP contribution in [0.15, 0.2) is 41.0 Å². The SMILES string of the molecule is CCCCCCCCC(=O)N(Cc1ccc2c(c1)OCO2)Cc1ccco1. The van der Waals surface area contributed by atoms with Gasteiger partial charge in [0.2, 0.25) is 12.7 Å². The van der Waals surface area contributed by atoms with Crippen LogP contribution in [0.1, 0.15) is 63.2 Å². The molecule has 0 unspecified atom stereocenters. The van der Waals surface area contributed by atoms with Crippen molar-refractivity contribution in [2.24, 2.45) is 0 Å². The predicted octanol–water partition coefficient (Wildman–Crippen LogP) is 5.29. The van der Waals surface area contributed by atoms with Crippen LogP contribution in [0.25, 0.3) is 0 Å². The Kier molecular flexibility index (Phi) is 7.19. The van der Waals surface area contributed by atoms with Crippen molar-refractivity contribution in [1.82, 2.24) is 4.90 Å². The monoisotopic (exact) mass is 371 g/mol. The normalized spacial score (nSPS) is 12.3. The number of amides is 1. The smallest absolute Gasteiger partial charge is 0.231 e. The third-order valence-electron chi connectivity index (χ3n) is 4.83. The van der Waals surface area contributed by atoms with Crippen LogP contribution in [0.5, 0.6) is 11.5 Å². The van der Waals surface area contributed by atoms with Gasteiger partial charge < -0.3 is 18.8 Å².